The zero-order valence-electron chi connectivity index (χ0n) is 15.2. The molecule has 130 valence electrons. The Bertz CT molecular complexity index is 705. The van der Waals surface area contributed by atoms with Crippen molar-refractivity contribution in [1.29, 1.82) is 0 Å². The maximum absolute atomic E-state index is 12.6. The quantitative estimate of drug-likeness (QED) is 0.849. The van der Waals surface area contributed by atoms with Gasteiger partial charge in [0.15, 0.2) is 0 Å². The molecule has 1 heterocycles. The topological polar surface area (TPSA) is 46.5 Å². The molecule has 0 fully saturated rings. The van der Waals surface area contributed by atoms with E-state index < -0.39 is 0 Å². The van der Waals surface area contributed by atoms with Gasteiger partial charge < -0.3 is 19.5 Å². The highest BCUT2D eigenvalue weighted by Crippen LogP contribution is 2.18. The Morgan fingerprint density at radius 3 is 2.62 bits per heavy atom. The molecule has 2 aromatic rings. The van der Waals surface area contributed by atoms with Gasteiger partial charge >= 0.3 is 0 Å². The number of amides is 1. The third-order valence-electron chi connectivity index (χ3n) is 4.22. The average molecular weight is 329 g/mol. The van der Waals surface area contributed by atoms with Crippen LogP contribution in [0.2, 0.25) is 0 Å². The van der Waals surface area contributed by atoms with Crippen LogP contribution in [0.15, 0.2) is 30.3 Å². The van der Waals surface area contributed by atoms with Gasteiger partial charge in [-0.2, -0.15) is 0 Å². The van der Waals surface area contributed by atoms with Crippen molar-refractivity contribution in [3.05, 3.63) is 52.8 Å². The SMILES string of the molecule is COc1ccccc1CNC(=O)c1cc(C)n(CCN(C)C)c1C. The van der Waals surface area contributed by atoms with Crippen molar-refractivity contribution in [3.63, 3.8) is 0 Å². The first kappa shape index (κ1) is 18.1. The van der Waals surface area contributed by atoms with E-state index in [1.54, 1.807) is 7.11 Å². The predicted octanol–water partition coefficient (Wildman–Crippen LogP) is 2.61. The van der Waals surface area contributed by atoms with E-state index >= 15 is 0 Å². The van der Waals surface area contributed by atoms with Gasteiger partial charge in [0.25, 0.3) is 5.91 Å². The van der Waals surface area contributed by atoms with Gasteiger partial charge in [-0.25, -0.2) is 0 Å². The van der Waals surface area contributed by atoms with Gasteiger partial charge in [-0.3, -0.25) is 4.79 Å². The van der Waals surface area contributed by atoms with Crippen LogP contribution in [0, 0.1) is 13.8 Å². The fraction of sp³-hybridized carbons (Fsp3) is 0.421. The van der Waals surface area contributed by atoms with Crippen LogP contribution in [0.4, 0.5) is 0 Å². The summed E-state index contributed by atoms with van der Waals surface area (Å²) in [6.45, 7) is 6.31. The van der Waals surface area contributed by atoms with Gasteiger partial charge in [-0.05, 0) is 40.1 Å². The van der Waals surface area contributed by atoms with Gasteiger partial charge in [0.05, 0.1) is 12.7 Å². The summed E-state index contributed by atoms with van der Waals surface area (Å²) < 4.78 is 7.52. The minimum absolute atomic E-state index is 0.0508. The summed E-state index contributed by atoms with van der Waals surface area (Å²) in [4.78, 5) is 14.7. The summed E-state index contributed by atoms with van der Waals surface area (Å²) in [5, 5.41) is 2.99. The van der Waals surface area contributed by atoms with Crippen molar-refractivity contribution >= 4 is 5.91 Å². The maximum Gasteiger partial charge on any atom is 0.253 e. The minimum atomic E-state index is -0.0508. The summed E-state index contributed by atoms with van der Waals surface area (Å²) >= 11 is 0. The number of hydrogen-bond donors (Lipinski definition) is 1. The van der Waals surface area contributed by atoms with Crippen LogP contribution in [0.5, 0.6) is 5.75 Å². The van der Waals surface area contributed by atoms with Gasteiger partial charge in [0.2, 0.25) is 0 Å². The van der Waals surface area contributed by atoms with Crippen molar-refractivity contribution < 1.29 is 9.53 Å². The summed E-state index contributed by atoms with van der Waals surface area (Å²) in [6.07, 6.45) is 0. The standard InChI is InChI=1S/C19H27N3O2/c1-14-12-17(15(2)22(14)11-10-21(3)4)19(23)20-13-16-8-6-7-9-18(16)24-5/h6-9,12H,10-11,13H2,1-5H3,(H,20,23). The number of nitrogens with one attached hydrogen (secondary N) is 1. The minimum Gasteiger partial charge on any atom is -0.496 e. The number of aryl methyl sites for hydroxylation is 1. The number of rotatable bonds is 7. The Balaban J connectivity index is 2.08. The molecule has 0 saturated heterocycles. The second kappa shape index (κ2) is 8.02. The third-order valence-corrected chi connectivity index (χ3v) is 4.22. The van der Waals surface area contributed by atoms with Crippen molar-refractivity contribution in [1.82, 2.24) is 14.8 Å². The Kier molecular flexibility index (Phi) is 6.04. The number of para-hydroxylation sites is 1. The normalized spacial score (nSPS) is 10.9. The molecule has 0 atom stereocenters. The van der Waals surface area contributed by atoms with Gasteiger partial charge in [-0.1, -0.05) is 18.2 Å². The fourth-order valence-electron chi connectivity index (χ4n) is 2.79. The average Bonchev–Trinajstić information content (AvgIpc) is 2.85. The van der Waals surface area contributed by atoms with Crippen molar-refractivity contribution in [2.75, 3.05) is 27.7 Å². The third kappa shape index (κ3) is 4.17. The van der Waals surface area contributed by atoms with E-state index in [0.717, 1.165) is 41.4 Å². The first-order valence-corrected chi connectivity index (χ1v) is 8.15. The smallest absolute Gasteiger partial charge is 0.253 e. The summed E-state index contributed by atoms with van der Waals surface area (Å²) in [5.74, 6) is 0.736. The molecule has 1 aromatic carbocycles. The zero-order chi connectivity index (χ0) is 17.7. The second-order valence-electron chi connectivity index (χ2n) is 6.23. The molecule has 0 aliphatic heterocycles. The van der Waals surface area contributed by atoms with Crippen molar-refractivity contribution in [3.8, 4) is 5.75 Å². The molecule has 0 radical (unpaired) electrons. The molecule has 5 heteroatoms. The van der Waals surface area contributed by atoms with Crippen LogP contribution in [0.3, 0.4) is 0 Å². The molecule has 0 aliphatic carbocycles. The highest BCUT2D eigenvalue weighted by atomic mass is 16.5. The van der Waals surface area contributed by atoms with E-state index in [2.05, 4.69) is 28.9 Å². The van der Waals surface area contributed by atoms with Crippen LogP contribution >= 0.6 is 0 Å². The number of likely N-dealkylation sites (N-methyl/N-ethyl adjacent to an activating group) is 1. The van der Waals surface area contributed by atoms with Gasteiger partial charge in [0.1, 0.15) is 5.75 Å². The lowest BCUT2D eigenvalue weighted by Crippen LogP contribution is -2.24. The molecular formula is C19H27N3O2. The molecular weight excluding hydrogens is 302 g/mol. The Hall–Kier alpha value is -2.27. The van der Waals surface area contributed by atoms with E-state index in [-0.39, 0.29) is 5.91 Å². The lowest BCUT2D eigenvalue weighted by atomic mass is 10.2. The molecule has 1 amide bonds. The Labute approximate surface area is 144 Å². The molecule has 0 unspecified atom stereocenters. The number of carbonyl (C=O) groups excluding carboxylic acids is 1. The number of hydrogen-bond acceptors (Lipinski definition) is 3. The number of nitrogens with zero attached hydrogens (tertiary/aromatic N) is 2. The van der Waals surface area contributed by atoms with Gasteiger partial charge in [-0.15, -0.1) is 0 Å². The van der Waals surface area contributed by atoms with E-state index in [1.165, 1.54) is 0 Å². The fourth-order valence-corrected chi connectivity index (χ4v) is 2.79. The van der Waals surface area contributed by atoms with Crippen LogP contribution in [0.1, 0.15) is 27.3 Å². The van der Waals surface area contributed by atoms with E-state index in [4.69, 9.17) is 4.74 Å². The molecule has 2 rings (SSSR count). The van der Waals surface area contributed by atoms with E-state index in [1.807, 2.05) is 44.2 Å². The van der Waals surface area contributed by atoms with Crippen LogP contribution in [-0.2, 0) is 13.1 Å². The molecule has 5 nitrogen and oxygen atoms in total. The lowest BCUT2D eigenvalue weighted by molar-refractivity contribution is 0.0950. The number of carbonyl (C=O) groups is 1. The summed E-state index contributed by atoms with van der Waals surface area (Å²) in [5.41, 5.74) is 3.82. The number of aromatic nitrogens is 1. The first-order valence-electron chi connectivity index (χ1n) is 8.15. The van der Waals surface area contributed by atoms with E-state index in [9.17, 15) is 4.79 Å². The zero-order valence-corrected chi connectivity index (χ0v) is 15.2. The molecule has 24 heavy (non-hydrogen) atoms. The molecule has 0 saturated carbocycles. The monoisotopic (exact) mass is 329 g/mol. The number of ether oxygens (including phenoxy) is 1. The highest BCUT2D eigenvalue weighted by Gasteiger charge is 2.16. The molecule has 0 spiro atoms. The largest absolute Gasteiger partial charge is 0.496 e. The maximum atomic E-state index is 12.6. The Morgan fingerprint density at radius 1 is 1.25 bits per heavy atom. The van der Waals surface area contributed by atoms with Crippen molar-refractivity contribution in [2.24, 2.45) is 0 Å². The molecule has 0 bridgehead atoms. The van der Waals surface area contributed by atoms with Crippen LogP contribution in [0.25, 0.3) is 0 Å². The molecule has 1 N–H and O–H groups in total. The number of benzene rings is 1. The van der Waals surface area contributed by atoms with E-state index in [0.29, 0.717) is 6.54 Å². The first-order chi connectivity index (χ1) is 11.4. The number of methoxy groups -OCH3 is 1. The predicted molar refractivity (Wildman–Crippen MR) is 96.6 cm³/mol. The molecule has 0 aliphatic rings. The summed E-state index contributed by atoms with van der Waals surface area (Å²) in [6, 6.07) is 9.68. The lowest BCUT2D eigenvalue weighted by Gasteiger charge is -2.14. The Morgan fingerprint density at radius 2 is 1.96 bits per heavy atom. The second-order valence-corrected chi connectivity index (χ2v) is 6.23. The van der Waals surface area contributed by atoms with Gasteiger partial charge in [0, 0.05) is 36.6 Å². The van der Waals surface area contributed by atoms with Crippen LogP contribution < -0.4 is 10.1 Å². The molecule has 1 aromatic heterocycles. The van der Waals surface area contributed by atoms with Crippen LogP contribution in [-0.4, -0.2) is 43.1 Å². The van der Waals surface area contributed by atoms with Crippen molar-refractivity contribution in [2.45, 2.75) is 26.9 Å². The highest BCUT2D eigenvalue weighted by molar-refractivity contribution is 5.95. The summed E-state index contributed by atoms with van der Waals surface area (Å²) in [7, 11) is 5.74.